The fraction of sp³-hybridized carbons (Fsp3) is 0.375. The Morgan fingerprint density at radius 3 is 2.48 bits per heavy atom. The highest BCUT2D eigenvalue weighted by atomic mass is 16.1. The smallest absolute Gasteiger partial charge is 0.294 e. The molecule has 1 aromatic carbocycles. The molecule has 1 heterocycles. The highest BCUT2D eigenvalue weighted by Gasteiger charge is 2.16. The first-order valence-corrected chi connectivity index (χ1v) is 7.06. The van der Waals surface area contributed by atoms with Gasteiger partial charge in [0.1, 0.15) is 0 Å². The molecule has 2 aromatic rings. The van der Waals surface area contributed by atoms with Gasteiger partial charge >= 0.3 is 0 Å². The van der Waals surface area contributed by atoms with Gasteiger partial charge in [0, 0.05) is 23.6 Å². The third-order valence-electron chi connectivity index (χ3n) is 3.21. The molecular formula is C16H22N4O. The monoisotopic (exact) mass is 286 g/mol. The first-order chi connectivity index (χ1) is 9.91. The zero-order chi connectivity index (χ0) is 15.5. The van der Waals surface area contributed by atoms with Gasteiger partial charge in [-0.25, -0.2) is 4.98 Å². The van der Waals surface area contributed by atoms with Gasteiger partial charge < -0.3 is 15.6 Å². The number of nitrogens with one attached hydrogen (secondary N) is 1. The molecule has 0 unspecified atom stereocenters. The van der Waals surface area contributed by atoms with Crippen LogP contribution >= 0.6 is 0 Å². The second-order valence-electron chi connectivity index (χ2n) is 5.98. The molecule has 0 spiro atoms. The Labute approximate surface area is 124 Å². The molecule has 1 aromatic heterocycles. The lowest BCUT2D eigenvalue weighted by Gasteiger charge is -2.22. The van der Waals surface area contributed by atoms with Gasteiger partial charge in [0.25, 0.3) is 5.56 Å². The Bertz CT molecular complexity index is 653. The van der Waals surface area contributed by atoms with Crippen LogP contribution in [0.15, 0.2) is 41.5 Å². The van der Waals surface area contributed by atoms with E-state index in [9.17, 15) is 4.79 Å². The molecule has 0 saturated heterocycles. The standard InChI is InChI=1S/C16H22N4O/c1-16(2,3)20-11-10-18-14(15(20)21)19-13-6-4-12(5-7-13)8-9-17/h4-7,10-11H,8-9,17H2,1-3H3,(H,18,19). The van der Waals surface area contributed by atoms with Gasteiger partial charge in [0.05, 0.1) is 0 Å². The van der Waals surface area contributed by atoms with E-state index in [1.54, 1.807) is 17.0 Å². The second-order valence-corrected chi connectivity index (χ2v) is 5.98. The molecule has 2 rings (SSSR count). The summed E-state index contributed by atoms with van der Waals surface area (Å²) < 4.78 is 1.67. The first kappa shape index (κ1) is 15.3. The number of hydrogen-bond acceptors (Lipinski definition) is 4. The van der Waals surface area contributed by atoms with E-state index in [1.807, 2.05) is 45.0 Å². The van der Waals surface area contributed by atoms with Crippen LogP contribution in [0.25, 0.3) is 0 Å². The summed E-state index contributed by atoms with van der Waals surface area (Å²) >= 11 is 0. The average molecular weight is 286 g/mol. The van der Waals surface area contributed by atoms with Gasteiger partial charge in [-0.2, -0.15) is 0 Å². The summed E-state index contributed by atoms with van der Waals surface area (Å²) in [5, 5.41) is 3.08. The Morgan fingerprint density at radius 2 is 1.90 bits per heavy atom. The van der Waals surface area contributed by atoms with E-state index in [0.717, 1.165) is 12.1 Å². The molecule has 0 atom stereocenters. The number of benzene rings is 1. The molecule has 0 aliphatic heterocycles. The predicted octanol–water partition coefficient (Wildman–Crippen LogP) is 2.24. The molecule has 0 amide bonds. The zero-order valence-electron chi connectivity index (χ0n) is 12.8. The summed E-state index contributed by atoms with van der Waals surface area (Å²) in [4.78, 5) is 16.6. The van der Waals surface area contributed by atoms with Crippen molar-refractivity contribution < 1.29 is 0 Å². The summed E-state index contributed by atoms with van der Waals surface area (Å²) in [6, 6.07) is 7.86. The van der Waals surface area contributed by atoms with Crippen LogP contribution in [0, 0.1) is 0 Å². The maximum absolute atomic E-state index is 12.4. The molecule has 21 heavy (non-hydrogen) atoms. The number of hydrogen-bond donors (Lipinski definition) is 2. The quantitative estimate of drug-likeness (QED) is 0.904. The van der Waals surface area contributed by atoms with Crippen LogP contribution in [0.2, 0.25) is 0 Å². The minimum absolute atomic E-state index is 0.129. The van der Waals surface area contributed by atoms with Crippen molar-refractivity contribution in [3.05, 3.63) is 52.6 Å². The Morgan fingerprint density at radius 1 is 1.24 bits per heavy atom. The number of nitrogens with zero attached hydrogens (tertiary/aromatic N) is 2. The van der Waals surface area contributed by atoms with Gasteiger partial charge in [-0.15, -0.1) is 0 Å². The summed E-state index contributed by atoms with van der Waals surface area (Å²) in [5.74, 6) is 0.332. The van der Waals surface area contributed by atoms with Crippen LogP contribution in [0.4, 0.5) is 11.5 Å². The molecule has 0 radical (unpaired) electrons. The third kappa shape index (κ3) is 3.70. The van der Waals surface area contributed by atoms with E-state index < -0.39 is 0 Å². The number of anilines is 2. The van der Waals surface area contributed by atoms with Crippen molar-refractivity contribution in [2.45, 2.75) is 32.7 Å². The summed E-state index contributed by atoms with van der Waals surface area (Å²) in [6.45, 7) is 6.59. The summed E-state index contributed by atoms with van der Waals surface area (Å²) in [5.41, 5.74) is 7.14. The van der Waals surface area contributed by atoms with Crippen LogP contribution in [-0.2, 0) is 12.0 Å². The van der Waals surface area contributed by atoms with Crippen LogP contribution in [0.3, 0.4) is 0 Å². The molecule has 0 saturated carbocycles. The molecule has 0 aliphatic carbocycles. The van der Waals surface area contributed by atoms with E-state index >= 15 is 0 Å². The lowest BCUT2D eigenvalue weighted by molar-refractivity contribution is 0.383. The van der Waals surface area contributed by atoms with Gasteiger partial charge in [0.15, 0.2) is 5.82 Å². The molecule has 5 heteroatoms. The fourth-order valence-corrected chi connectivity index (χ4v) is 2.08. The minimum atomic E-state index is -0.276. The SMILES string of the molecule is CC(C)(C)n1ccnc(Nc2ccc(CCN)cc2)c1=O. The Hall–Kier alpha value is -2.14. The van der Waals surface area contributed by atoms with Crippen molar-refractivity contribution in [3.8, 4) is 0 Å². The van der Waals surface area contributed by atoms with Gasteiger partial charge in [0.2, 0.25) is 0 Å². The first-order valence-electron chi connectivity index (χ1n) is 7.06. The molecule has 112 valence electrons. The molecule has 0 bridgehead atoms. The van der Waals surface area contributed by atoms with E-state index in [0.29, 0.717) is 12.4 Å². The number of nitrogens with two attached hydrogens (primary N) is 1. The summed E-state index contributed by atoms with van der Waals surface area (Å²) in [6.07, 6.45) is 4.19. The van der Waals surface area contributed by atoms with Gasteiger partial charge in [-0.05, 0) is 51.4 Å². The highest BCUT2D eigenvalue weighted by Crippen LogP contribution is 2.15. The zero-order valence-corrected chi connectivity index (χ0v) is 12.8. The van der Waals surface area contributed by atoms with Crippen LogP contribution in [0.5, 0.6) is 0 Å². The summed E-state index contributed by atoms with van der Waals surface area (Å²) in [7, 11) is 0. The molecule has 3 N–H and O–H groups in total. The number of aromatic nitrogens is 2. The predicted molar refractivity (Wildman–Crippen MR) is 86.0 cm³/mol. The second kappa shape index (κ2) is 6.10. The van der Waals surface area contributed by atoms with Crippen molar-refractivity contribution in [2.24, 2.45) is 5.73 Å². The van der Waals surface area contributed by atoms with Gasteiger partial charge in [-0.1, -0.05) is 12.1 Å². The van der Waals surface area contributed by atoms with Crippen molar-refractivity contribution in [1.82, 2.24) is 9.55 Å². The van der Waals surface area contributed by atoms with E-state index in [1.165, 1.54) is 5.56 Å². The van der Waals surface area contributed by atoms with Crippen LogP contribution in [-0.4, -0.2) is 16.1 Å². The highest BCUT2D eigenvalue weighted by molar-refractivity contribution is 5.55. The fourth-order valence-electron chi connectivity index (χ4n) is 2.08. The van der Waals surface area contributed by atoms with E-state index in [2.05, 4.69) is 10.3 Å². The van der Waals surface area contributed by atoms with Crippen molar-refractivity contribution >= 4 is 11.5 Å². The molecule has 0 fully saturated rings. The topological polar surface area (TPSA) is 72.9 Å². The van der Waals surface area contributed by atoms with Crippen LogP contribution < -0.4 is 16.6 Å². The largest absolute Gasteiger partial charge is 0.336 e. The average Bonchev–Trinajstić information content (AvgIpc) is 2.42. The van der Waals surface area contributed by atoms with Crippen molar-refractivity contribution in [2.75, 3.05) is 11.9 Å². The van der Waals surface area contributed by atoms with Crippen molar-refractivity contribution in [1.29, 1.82) is 0 Å². The lowest BCUT2D eigenvalue weighted by Crippen LogP contribution is -2.34. The Balaban J connectivity index is 2.26. The Kier molecular flexibility index (Phi) is 4.43. The van der Waals surface area contributed by atoms with E-state index in [-0.39, 0.29) is 11.1 Å². The third-order valence-corrected chi connectivity index (χ3v) is 3.21. The minimum Gasteiger partial charge on any atom is -0.336 e. The van der Waals surface area contributed by atoms with E-state index in [4.69, 9.17) is 5.73 Å². The van der Waals surface area contributed by atoms with Crippen LogP contribution in [0.1, 0.15) is 26.3 Å². The maximum Gasteiger partial charge on any atom is 0.294 e. The number of rotatable bonds is 4. The van der Waals surface area contributed by atoms with Crippen molar-refractivity contribution in [3.63, 3.8) is 0 Å². The molecule has 0 aliphatic rings. The lowest BCUT2D eigenvalue weighted by atomic mass is 10.1. The molecule has 5 nitrogen and oxygen atoms in total. The normalized spacial score (nSPS) is 11.4. The van der Waals surface area contributed by atoms with Gasteiger partial charge in [-0.3, -0.25) is 4.79 Å². The molecular weight excluding hydrogens is 264 g/mol. The maximum atomic E-state index is 12.4.